The summed E-state index contributed by atoms with van der Waals surface area (Å²) in [6, 6.07) is 18.0. The van der Waals surface area contributed by atoms with E-state index in [1.54, 1.807) is 0 Å². The summed E-state index contributed by atoms with van der Waals surface area (Å²) in [7, 11) is 1.98. The van der Waals surface area contributed by atoms with Gasteiger partial charge in [0.15, 0.2) is 0 Å². The van der Waals surface area contributed by atoms with Crippen LogP contribution in [0.2, 0.25) is 0 Å². The molecule has 0 atom stereocenters. The van der Waals surface area contributed by atoms with Crippen molar-refractivity contribution in [2.45, 2.75) is 19.5 Å². The van der Waals surface area contributed by atoms with Crippen LogP contribution in [0.1, 0.15) is 16.8 Å². The normalized spacial score (nSPS) is 14.0. The zero-order valence-electron chi connectivity index (χ0n) is 16.4. The van der Waals surface area contributed by atoms with Gasteiger partial charge in [-0.1, -0.05) is 18.2 Å². The van der Waals surface area contributed by atoms with Gasteiger partial charge in [-0.05, 0) is 36.4 Å². The van der Waals surface area contributed by atoms with Crippen LogP contribution >= 0.6 is 0 Å². The first-order valence-corrected chi connectivity index (χ1v) is 9.84. The fraction of sp³-hybridized carbons (Fsp3) is 0.217. The molecule has 146 valence electrons. The first-order chi connectivity index (χ1) is 14.2. The molecule has 29 heavy (non-hydrogen) atoms. The van der Waals surface area contributed by atoms with E-state index in [9.17, 15) is 0 Å². The van der Waals surface area contributed by atoms with Gasteiger partial charge < -0.3 is 4.74 Å². The van der Waals surface area contributed by atoms with Crippen LogP contribution in [0.25, 0.3) is 11.3 Å². The van der Waals surface area contributed by atoms with Crippen molar-refractivity contribution in [1.29, 1.82) is 0 Å². The Hall–Kier alpha value is -3.38. The van der Waals surface area contributed by atoms with Crippen molar-refractivity contribution in [2.24, 2.45) is 7.05 Å². The molecule has 0 spiro atoms. The van der Waals surface area contributed by atoms with Crippen LogP contribution in [-0.2, 0) is 26.6 Å². The molecule has 5 rings (SSSR count). The molecule has 0 saturated carbocycles. The Kier molecular flexibility index (Phi) is 4.62. The minimum atomic E-state index is 0.820. The minimum absolute atomic E-state index is 0.820. The molecule has 0 aliphatic carbocycles. The number of aromatic nitrogens is 4. The van der Waals surface area contributed by atoms with Gasteiger partial charge in [0, 0.05) is 61.7 Å². The van der Waals surface area contributed by atoms with E-state index in [1.165, 1.54) is 16.8 Å². The lowest BCUT2D eigenvalue weighted by Gasteiger charge is -2.26. The number of hydrogen-bond acceptors (Lipinski definition) is 4. The zero-order chi connectivity index (χ0) is 19.6. The molecule has 0 saturated heterocycles. The molecule has 4 aromatic rings. The maximum Gasteiger partial charge on any atom is 0.127 e. The summed E-state index contributed by atoms with van der Waals surface area (Å²) >= 11 is 0. The molecule has 6 heteroatoms. The fourth-order valence-electron chi connectivity index (χ4n) is 3.86. The summed E-state index contributed by atoms with van der Waals surface area (Å²) in [6.45, 7) is 2.81. The maximum absolute atomic E-state index is 5.91. The van der Waals surface area contributed by atoms with E-state index < -0.39 is 0 Å². The lowest BCUT2D eigenvalue weighted by Crippen LogP contribution is -2.29. The lowest BCUT2D eigenvalue weighted by atomic mass is 10.1. The number of fused-ring (bicyclic) bond motifs is 1. The van der Waals surface area contributed by atoms with Crippen LogP contribution in [0.5, 0.6) is 11.5 Å². The van der Waals surface area contributed by atoms with Crippen molar-refractivity contribution in [1.82, 2.24) is 24.9 Å². The first-order valence-electron chi connectivity index (χ1n) is 9.84. The molecule has 3 heterocycles. The standard InChI is InChI=1S/C23H23N5O/c1-27-14-19(16-28-12-11-22-18(15-28)13-24-25-22)23(26-27)17-7-9-21(10-8-17)29-20-5-3-2-4-6-20/h2-10,13-14H,11-12,15-16H2,1H3,(H,24,25). The lowest BCUT2D eigenvalue weighted by molar-refractivity contribution is 0.245. The second-order valence-electron chi connectivity index (χ2n) is 7.45. The van der Waals surface area contributed by atoms with E-state index in [4.69, 9.17) is 9.84 Å². The molecule has 0 fully saturated rings. The largest absolute Gasteiger partial charge is 0.457 e. The van der Waals surface area contributed by atoms with Crippen molar-refractivity contribution in [3.05, 3.63) is 83.8 Å². The van der Waals surface area contributed by atoms with Crippen LogP contribution in [0.3, 0.4) is 0 Å². The topological polar surface area (TPSA) is 59.0 Å². The molecule has 0 radical (unpaired) electrons. The molecule has 0 amide bonds. The molecule has 2 aromatic carbocycles. The predicted molar refractivity (Wildman–Crippen MR) is 112 cm³/mol. The number of aryl methyl sites for hydroxylation is 1. The molecule has 0 bridgehead atoms. The number of hydrogen-bond donors (Lipinski definition) is 1. The summed E-state index contributed by atoms with van der Waals surface area (Å²) in [5.41, 5.74) is 5.92. The Labute approximate surface area is 169 Å². The molecule has 6 nitrogen and oxygen atoms in total. The molecule has 1 aliphatic heterocycles. The highest BCUT2D eigenvalue weighted by Crippen LogP contribution is 2.28. The number of H-pyrrole nitrogens is 1. The van der Waals surface area contributed by atoms with Crippen molar-refractivity contribution in [3.8, 4) is 22.8 Å². The predicted octanol–water partition coefficient (Wildman–Crippen LogP) is 4.16. The van der Waals surface area contributed by atoms with Gasteiger partial charge in [-0.3, -0.25) is 14.7 Å². The fourth-order valence-corrected chi connectivity index (χ4v) is 3.86. The number of nitrogens with one attached hydrogen (secondary N) is 1. The number of ether oxygens (including phenoxy) is 1. The van der Waals surface area contributed by atoms with Crippen molar-refractivity contribution >= 4 is 0 Å². The molecule has 2 aromatic heterocycles. The van der Waals surface area contributed by atoms with Gasteiger partial charge in [-0.25, -0.2) is 0 Å². The zero-order valence-corrected chi connectivity index (χ0v) is 16.4. The number of rotatable bonds is 5. The molecular formula is C23H23N5O. The van der Waals surface area contributed by atoms with Gasteiger partial charge in [0.2, 0.25) is 0 Å². The van der Waals surface area contributed by atoms with Crippen LogP contribution < -0.4 is 4.74 Å². The summed E-state index contributed by atoms with van der Waals surface area (Å²) in [5.74, 6) is 1.66. The van der Waals surface area contributed by atoms with Gasteiger partial charge in [0.1, 0.15) is 11.5 Å². The maximum atomic E-state index is 5.91. The Morgan fingerprint density at radius 2 is 1.83 bits per heavy atom. The summed E-state index contributed by atoms with van der Waals surface area (Å²) < 4.78 is 7.80. The molecule has 1 aliphatic rings. The highest BCUT2D eigenvalue weighted by molar-refractivity contribution is 5.63. The van der Waals surface area contributed by atoms with E-state index in [0.717, 1.165) is 48.8 Å². The van der Waals surface area contributed by atoms with E-state index in [-0.39, 0.29) is 0 Å². The van der Waals surface area contributed by atoms with Gasteiger partial charge >= 0.3 is 0 Å². The monoisotopic (exact) mass is 385 g/mol. The van der Waals surface area contributed by atoms with E-state index in [0.29, 0.717) is 0 Å². The number of aromatic amines is 1. The third-order valence-corrected chi connectivity index (χ3v) is 5.28. The average Bonchev–Trinajstić information content (AvgIpc) is 3.35. The quantitative estimate of drug-likeness (QED) is 0.560. The number of para-hydroxylation sites is 1. The third kappa shape index (κ3) is 3.79. The Balaban J connectivity index is 1.34. The number of nitrogens with zero attached hydrogens (tertiary/aromatic N) is 4. The molecule has 1 N–H and O–H groups in total. The Bertz CT molecular complexity index is 1100. The van der Waals surface area contributed by atoms with Crippen LogP contribution in [0.15, 0.2) is 67.0 Å². The number of benzene rings is 2. The minimum Gasteiger partial charge on any atom is -0.457 e. The smallest absolute Gasteiger partial charge is 0.127 e. The van der Waals surface area contributed by atoms with E-state index in [1.807, 2.05) is 60.4 Å². The first kappa shape index (κ1) is 17.7. The second kappa shape index (κ2) is 7.56. The third-order valence-electron chi connectivity index (χ3n) is 5.28. The second-order valence-corrected chi connectivity index (χ2v) is 7.45. The highest BCUT2D eigenvalue weighted by atomic mass is 16.5. The Morgan fingerprint density at radius 1 is 1.03 bits per heavy atom. The van der Waals surface area contributed by atoms with Gasteiger partial charge in [0.25, 0.3) is 0 Å². The van der Waals surface area contributed by atoms with Crippen molar-refractivity contribution < 1.29 is 4.74 Å². The van der Waals surface area contributed by atoms with Crippen molar-refractivity contribution in [3.63, 3.8) is 0 Å². The van der Waals surface area contributed by atoms with Crippen LogP contribution in [0.4, 0.5) is 0 Å². The van der Waals surface area contributed by atoms with Crippen LogP contribution in [-0.4, -0.2) is 31.4 Å². The van der Waals surface area contributed by atoms with Gasteiger partial charge in [-0.2, -0.15) is 10.2 Å². The SMILES string of the molecule is Cn1cc(CN2CCc3[nH]ncc3C2)c(-c2ccc(Oc3ccccc3)cc2)n1. The van der Waals surface area contributed by atoms with Crippen molar-refractivity contribution in [2.75, 3.05) is 6.54 Å². The summed E-state index contributed by atoms with van der Waals surface area (Å²) in [5, 5.41) is 12.0. The molecular weight excluding hydrogens is 362 g/mol. The van der Waals surface area contributed by atoms with Gasteiger partial charge in [-0.15, -0.1) is 0 Å². The average molecular weight is 385 g/mol. The highest BCUT2D eigenvalue weighted by Gasteiger charge is 2.20. The van der Waals surface area contributed by atoms with Crippen LogP contribution in [0, 0.1) is 0 Å². The Morgan fingerprint density at radius 3 is 2.66 bits per heavy atom. The summed E-state index contributed by atoms with van der Waals surface area (Å²) in [6.07, 6.45) is 5.07. The van der Waals surface area contributed by atoms with E-state index in [2.05, 4.69) is 33.4 Å². The van der Waals surface area contributed by atoms with Gasteiger partial charge in [0.05, 0.1) is 11.9 Å². The summed E-state index contributed by atoms with van der Waals surface area (Å²) in [4.78, 5) is 2.45. The van der Waals surface area contributed by atoms with E-state index >= 15 is 0 Å². The molecule has 0 unspecified atom stereocenters.